The molecular weight excluding hydrogens is 281 g/mol. The number of aromatic carboxylic acids is 1. The summed E-state index contributed by atoms with van der Waals surface area (Å²) in [7, 11) is 0. The molecule has 1 heterocycles. The highest BCUT2D eigenvalue weighted by Gasteiger charge is 2.38. The molecule has 1 aromatic rings. The van der Waals surface area contributed by atoms with Crippen LogP contribution in [0.15, 0.2) is 6.20 Å². The molecule has 1 atom stereocenters. The fraction of sp³-hybridized carbons (Fsp3) is 0.545. The third kappa shape index (κ3) is 4.38. The van der Waals surface area contributed by atoms with Crippen molar-refractivity contribution in [2.75, 3.05) is 0 Å². The summed E-state index contributed by atoms with van der Waals surface area (Å²) in [5.74, 6) is -1.48. The Balaban J connectivity index is 3.02. The lowest BCUT2D eigenvalue weighted by atomic mass is 10.2. The standard InChI is InChI=1S/C11H13F3N2O2S/c1-3-6(2)19-5-8-15-4-7(10(17)18)9(16-8)11(12,13)14/h4,6H,3,5H2,1-2H3,(H,17,18). The van der Waals surface area contributed by atoms with E-state index in [-0.39, 0.29) is 16.8 Å². The lowest BCUT2D eigenvalue weighted by Crippen LogP contribution is -2.17. The lowest BCUT2D eigenvalue weighted by Gasteiger charge is -2.11. The van der Waals surface area contributed by atoms with Gasteiger partial charge in [0, 0.05) is 11.4 Å². The Kier molecular flexibility index (Phi) is 5.16. The molecule has 0 amide bonds. The highest BCUT2D eigenvalue weighted by Crippen LogP contribution is 2.30. The second-order valence-electron chi connectivity index (χ2n) is 3.88. The predicted octanol–water partition coefficient (Wildman–Crippen LogP) is 3.23. The molecule has 106 valence electrons. The number of carboxylic acids is 1. The molecule has 0 saturated carbocycles. The highest BCUT2D eigenvalue weighted by atomic mass is 32.2. The van der Waals surface area contributed by atoms with Crippen molar-refractivity contribution in [2.24, 2.45) is 0 Å². The minimum absolute atomic E-state index is 0.0115. The van der Waals surface area contributed by atoms with E-state index in [1.54, 1.807) is 0 Å². The third-order valence-corrected chi connectivity index (χ3v) is 3.74. The molecule has 19 heavy (non-hydrogen) atoms. The molecule has 0 radical (unpaired) electrons. The van der Waals surface area contributed by atoms with Crippen LogP contribution >= 0.6 is 11.8 Å². The monoisotopic (exact) mass is 294 g/mol. The van der Waals surface area contributed by atoms with Crippen LogP contribution in [0.3, 0.4) is 0 Å². The van der Waals surface area contributed by atoms with E-state index in [0.29, 0.717) is 6.20 Å². The molecule has 1 aromatic heterocycles. The first kappa shape index (κ1) is 15.7. The van der Waals surface area contributed by atoms with Crippen molar-refractivity contribution < 1.29 is 23.1 Å². The minimum atomic E-state index is -4.80. The quantitative estimate of drug-likeness (QED) is 0.903. The zero-order valence-electron chi connectivity index (χ0n) is 10.4. The van der Waals surface area contributed by atoms with Gasteiger partial charge in [0.1, 0.15) is 11.4 Å². The first-order valence-electron chi connectivity index (χ1n) is 5.53. The second-order valence-corrected chi connectivity index (χ2v) is 5.31. The van der Waals surface area contributed by atoms with E-state index < -0.39 is 23.4 Å². The predicted molar refractivity (Wildman–Crippen MR) is 65.0 cm³/mol. The van der Waals surface area contributed by atoms with Gasteiger partial charge in [-0.2, -0.15) is 24.9 Å². The minimum Gasteiger partial charge on any atom is -0.478 e. The van der Waals surface area contributed by atoms with Crippen LogP contribution in [0.1, 0.15) is 42.1 Å². The van der Waals surface area contributed by atoms with Crippen LogP contribution in [0.5, 0.6) is 0 Å². The van der Waals surface area contributed by atoms with Crippen molar-refractivity contribution in [1.82, 2.24) is 9.97 Å². The van der Waals surface area contributed by atoms with E-state index in [2.05, 4.69) is 9.97 Å². The van der Waals surface area contributed by atoms with E-state index in [9.17, 15) is 18.0 Å². The highest BCUT2D eigenvalue weighted by molar-refractivity contribution is 7.99. The molecule has 1 N–H and O–H groups in total. The number of aromatic nitrogens is 2. The molecule has 0 saturated heterocycles. The van der Waals surface area contributed by atoms with Crippen molar-refractivity contribution in [2.45, 2.75) is 37.4 Å². The maximum Gasteiger partial charge on any atom is 0.434 e. The fourth-order valence-electron chi connectivity index (χ4n) is 1.20. The number of nitrogens with zero attached hydrogens (tertiary/aromatic N) is 2. The van der Waals surface area contributed by atoms with Gasteiger partial charge < -0.3 is 5.11 Å². The van der Waals surface area contributed by atoms with Crippen LogP contribution in [0, 0.1) is 0 Å². The van der Waals surface area contributed by atoms with E-state index >= 15 is 0 Å². The summed E-state index contributed by atoms with van der Waals surface area (Å²) in [4.78, 5) is 17.7. The number of hydrogen-bond acceptors (Lipinski definition) is 4. The second kappa shape index (κ2) is 6.23. The Morgan fingerprint density at radius 1 is 1.53 bits per heavy atom. The largest absolute Gasteiger partial charge is 0.478 e. The van der Waals surface area contributed by atoms with Crippen molar-refractivity contribution in [3.63, 3.8) is 0 Å². The average molecular weight is 294 g/mol. The van der Waals surface area contributed by atoms with Crippen LogP contribution in [0.25, 0.3) is 0 Å². The molecule has 0 aromatic carbocycles. The lowest BCUT2D eigenvalue weighted by molar-refractivity contribution is -0.141. The van der Waals surface area contributed by atoms with Gasteiger partial charge in [-0.05, 0) is 6.42 Å². The average Bonchev–Trinajstić information content (AvgIpc) is 2.34. The molecule has 1 unspecified atom stereocenters. The van der Waals surface area contributed by atoms with Gasteiger partial charge in [0.15, 0.2) is 5.69 Å². The van der Waals surface area contributed by atoms with E-state index in [0.717, 1.165) is 6.42 Å². The summed E-state index contributed by atoms with van der Waals surface area (Å²) in [5.41, 5.74) is -2.32. The number of rotatable bonds is 5. The number of carbonyl (C=O) groups is 1. The molecule has 8 heteroatoms. The normalized spacial score (nSPS) is 13.3. The summed E-state index contributed by atoms with van der Waals surface area (Å²) < 4.78 is 38.1. The zero-order valence-corrected chi connectivity index (χ0v) is 11.2. The number of hydrogen-bond donors (Lipinski definition) is 1. The SMILES string of the molecule is CCC(C)SCc1ncc(C(=O)O)c(C(F)(F)F)n1. The number of halogens is 3. The van der Waals surface area contributed by atoms with Gasteiger partial charge in [0.05, 0.1) is 5.75 Å². The van der Waals surface area contributed by atoms with Crippen LogP contribution < -0.4 is 0 Å². The van der Waals surface area contributed by atoms with Crippen LogP contribution in [-0.2, 0) is 11.9 Å². The van der Waals surface area contributed by atoms with Crippen molar-refractivity contribution in [3.8, 4) is 0 Å². The van der Waals surface area contributed by atoms with Crippen LogP contribution in [0.2, 0.25) is 0 Å². The first-order chi connectivity index (χ1) is 8.75. The van der Waals surface area contributed by atoms with Gasteiger partial charge in [0.2, 0.25) is 0 Å². The van der Waals surface area contributed by atoms with Gasteiger partial charge in [-0.1, -0.05) is 13.8 Å². The van der Waals surface area contributed by atoms with E-state index in [1.807, 2.05) is 13.8 Å². The molecule has 0 spiro atoms. The maximum atomic E-state index is 12.7. The summed E-state index contributed by atoms with van der Waals surface area (Å²) >= 11 is 1.42. The zero-order chi connectivity index (χ0) is 14.6. The van der Waals surface area contributed by atoms with Crippen LogP contribution in [0.4, 0.5) is 13.2 Å². The Labute approximate surface area is 112 Å². The van der Waals surface area contributed by atoms with E-state index in [1.165, 1.54) is 11.8 Å². The van der Waals surface area contributed by atoms with Crippen LogP contribution in [-0.4, -0.2) is 26.3 Å². The van der Waals surface area contributed by atoms with Gasteiger partial charge in [-0.3, -0.25) is 0 Å². The Bertz CT molecular complexity index is 466. The van der Waals surface area contributed by atoms with Gasteiger partial charge in [-0.15, -0.1) is 0 Å². The van der Waals surface area contributed by atoms with Crippen molar-refractivity contribution >= 4 is 17.7 Å². The summed E-state index contributed by atoms with van der Waals surface area (Å²) in [5, 5.41) is 8.97. The maximum absolute atomic E-state index is 12.7. The molecular formula is C11H13F3N2O2S. The fourth-order valence-corrected chi connectivity index (χ4v) is 2.00. The Morgan fingerprint density at radius 3 is 2.63 bits per heavy atom. The first-order valence-corrected chi connectivity index (χ1v) is 6.58. The summed E-state index contributed by atoms with van der Waals surface area (Å²) in [6, 6.07) is 0. The Morgan fingerprint density at radius 2 is 2.16 bits per heavy atom. The topological polar surface area (TPSA) is 63.1 Å². The molecule has 1 rings (SSSR count). The van der Waals surface area contributed by atoms with Gasteiger partial charge >= 0.3 is 12.1 Å². The molecule has 0 fully saturated rings. The Hall–Kier alpha value is -1.31. The molecule has 0 aliphatic carbocycles. The van der Waals surface area contributed by atoms with Crippen molar-refractivity contribution in [1.29, 1.82) is 0 Å². The summed E-state index contributed by atoms with van der Waals surface area (Å²) in [6.45, 7) is 3.91. The van der Waals surface area contributed by atoms with E-state index in [4.69, 9.17) is 5.11 Å². The van der Waals surface area contributed by atoms with Gasteiger partial charge in [-0.25, -0.2) is 14.8 Å². The molecule has 0 aliphatic rings. The summed E-state index contributed by atoms with van der Waals surface area (Å²) in [6.07, 6.45) is -3.21. The number of thioether (sulfide) groups is 1. The van der Waals surface area contributed by atoms with Crippen molar-refractivity contribution in [3.05, 3.63) is 23.3 Å². The molecule has 0 aliphatic heterocycles. The molecule has 4 nitrogen and oxygen atoms in total. The third-order valence-electron chi connectivity index (χ3n) is 2.41. The molecule has 0 bridgehead atoms. The number of carboxylic acid groups (broad SMARTS) is 1. The number of alkyl halides is 3. The smallest absolute Gasteiger partial charge is 0.434 e. The van der Waals surface area contributed by atoms with Gasteiger partial charge in [0.25, 0.3) is 0 Å².